The molecule has 0 bridgehead atoms. The Morgan fingerprint density at radius 2 is 1.42 bits per heavy atom. The van der Waals surface area contributed by atoms with E-state index >= 15 is 0 Å². The zero-order chi connectivity index (χ0) is 35.1. The van der Waals surface area contributed by atoms with E-state index in [4.69, 9.17) is 13.8 Å². The molecule has 0 spiro atoms. The van der Waals surface area contributed by atoms with E-state index in [0.717, 1.165) is 77.5 Å². The van der Waals surface area contributed by atoms with Crippen LogP contribution in [0.15, 0.2) is 143 Å². The van der Waals surface area contributed by atoms with Crippen molar-refractivity contribution in [1.29, 1.82) is 0 Å². The molecule has 4 aromatic heterocycles. The quantitative estimate of drug-likeness (QED) is 0.127. The van der Waals surface area contributed by atoms with Gasteiger partial charge in [-0.2, -0.15) is 0 Å². The van der Waals surface area contributed by atoms with Crippen molar-refractivity contribution >= 4 is 61.5 Å². The van der Waals surface area contributed by atoms with Crippen LogP contribution in [0.25, 0.3) is 77.5 Å². The van der Waals surface area contributed by atoms with Crippen molar-refractivity contribution in [2.45, 2.75) is 37.0 Å². The second-order valence-corrected chi connectivity index (χ2v) is 24.9. The third kappa shape index (κ3) is 6.89. The Morgan fingerprint density at radius 3 is 2.15 bits per heavy atom. The van der Waals surface area contributed by atoms with Gasteiger partial charge in [0.25, 0.3) is 0 Å². The van der Waals surface area contributed by atoms with Gasteiger partial charge in [0.15, 0.2) is 0 Å². The summed E-state index contributed by atoms with van der Waals surface area (Å²) < 4.78 is 14.3. The first-order chi connectivity index (χ1) is 24.7. The number of pyridine rings is 2. The normalized spacial score (nSPS) is 11.6. The Kier molecular flexibility index (Phi) is 10.0. The second kappa shape index (κ2) is 14.7. The van der Waals surface area contributed by atoms with E-state index in [9.17, 15) is 0 Å². The van der Waals surface area contributed by atoms with Crippen molar-refractivity contribution in [3.05, 3.63) is 151 Å². The fourth-order valence-electron chi connectivity index (χ4n) is 6.56. The number of para-hydroxylation sites is 1. The van der Waals surface area contributed by atoms with Crippen molar-refractivity contribution in [2.24, 2.45) is 0 Å². The molecule has 1 radical (unpaired) electrons. The van der Waals surface area contributed by atoms with E-state index < -0.39 is 13.3 Å². The maximum absolute atomic E-state index is 6.61. The van der Waals surface area contributed by atoms with E-state index in [-0.39, 0.29) is 20.1 Å². The van der Waals surface area contributed by atoms with Crippen LogP contribution in [0.3, 0.4) is 0 Å². The van der Waals surface area contributed by atoms with Crippen LogP contribution in [0.1, 0.15) is 25.3 Å². The van der Waals surface area contributed by atoms with Crippen LogP contribution in [0.2, 0.25) is 17.3 Å². The van der Waals surface area contributed by atoms with E-state index in [0.29, 0.717) is 5.92 Å². The number of furan rings is 2. The van der Waals surface area contributed by atoms with Crippen molar-refractivity contribution in [2.75, 3.05) is 0 Å². The SMILES string of the molecule is CC(C)c1ccnc(-c2[c-]c3oc4ccccc4c3c3c2oc2cc(-c4ccccc4)ccc23)c1.[CH3][Ge]([CH3])([CH3])[c]1ccc(-c2[c-]cccc2)nc1.[Ir]. The topological polar surface area (TPSA) is 52.1 Å². The minimum atomic E-state index is -1.72. The third-order valence-electron chi connectivity index (χ3n) is 9.43. The molecule has 9 rings (SSSR count). The van der Waals surface area contributed by atoms with Crippen molar-refractivity contribution in [1.82, 2.24) is 9.97 Å². The predicted molar refractivity (Wildman–Crippen MR) is 214 cm³/mol. The van der Waals surface area contributed by atoms with Gasteiger partial charge in [0.05, 0.1) is 11.2 Å². The van der Waals surface area contributed by atoms with Gasteiger partial charge in [-0.3, -0.25) is 0 Å². The molecule has 0 amide bonds. The summed E-state index contributed by atoms with van der Waals surface area (Å²) in [5, 5.41) is 4.20. The summed E-state index contributed by atoms with van der Waals surface area (Å²) in [7, 11) is 0. The first-order valence-electron chi connectivity index (χ1n) is 17.4. The van der Waals surface area contributed by atoms with E-state index in [1.807, 2.05) is 60.9 Å². The monoisotopic (exact) mass is 917 g/mol. The third-order valence-corrected chi connectivity index (χ3v) is 13.7. The smallest absolute Gasteiger partial charge is 0 e. The zero-order valence-electron chi connectivity index (χ0n) is 29.8. The number of rotatable bonds is 5. The van der Waals surface area contributed by atoms with Crippen LogP contribution in [-0.2, 0) is 20.1 Å². The summed E-state index contributed by atoms with van der Waals surface area (Å²) >= 11 is -1.72. The molecule has 0 aliphatic heterocycles. The van der Waals surface area contributed by atoms with Crippen LogP contribution >= 0.6 is 0 Å². The van der Waals surface area contributed by atoms with E-state index in [1.165, 1.54) is 9.96 Å². The van der Waals surface area contributed by atoms with Crippen molar-refractivity contribution in [3.63, 3.8) is 0 Å². The summed E-state index contributed by atoms with van der Waals surface area (Å²) in [6, 6.07) is 48.2. The molecule has 0 fully saturated rings. The Morgan fingerprint density at radius 1 is 0.654 bits per heavy atom. The predicted octanol–water partition coefficient (Wildman–Crippen LogP) is 12.2. The average molecular weight is 916 g/mol. The average Bonchev–Trinajstić information content (AvgIpc) is 3.73. The largest absolute Gasteiger partial charge is 0 e. The van der Waals surface area contributed by atoms with Gasteiger partial charge in [-0.05, 0) is 57.1 Å². The van der Waals surface area contributed by atoms with E-state index in [1.54, 1.807) is 0 Å². The van der Waals surface area contributed by atoms with Crippen LogP contribution in [0.5, 0.6) is 0 Å². The fraction of sp³-hybridized carbons (Fsp3) is 0.130. The summed E-state index contributed by atoms with van der Waals surface area (Å²) in [6.45, 7) is 4.38. The van der Waals surface area contributed by atoms with Gasteiger partial charge in [0, 0.05) is 31.7 Å². The molecule has 6 heteroatoms. The molecule has 0 saturated heterocycles. The molecule has 9 aromatic rings. The Bertz CT molecular complexity index is 2640. The summed E-state index contributed by atoms with van der Waals surface area (Å²) in [6.07, 6.45) is 3.90. The Hall–Kier alpha value is -4.81. The van der Waals surface area contributed by atoms with Gasteiger partial charge < -0.3 is 13.8 Å². The molecule has 0 unspecified atom stereocenters. The van der Waals surface area contributed by atoms with Crippen molar-refractivity contribution in [3.8, 4) is 33.6 Å². The zero-order valence-corrected chi connectivity index (χ0v) is 34.3. The summed E-state index contributed by atoms with van der Waals surface area (Å²) in [5.74, 6) is 7.54. The van der Waals surface area contributed by atoms with Crippen LogP contribution in [0, 0.1) is 12.1 Å². The van der Waals surface area contributed by atoms with Gasteiger partial charge in [-0.25, -0.2) is 0 Å². The van der Waals surface area contributed by atoms with Crippen LogP contribution in [0.4, 0.5) is 0 Å². The molecule has 4 nitrogen and oxygen atoms in total. The molecule has 0 N–H and O–H groups in total. The van der Waals surface area contributed by atoms with Gasteiger partial charge in [0.2, 0.25) is 0 Å². The fourth-order valence-corrected chi connectivity index (χ4v) is 8.73. The van der Waals surface area contributed by atoms with Gasteiger partial charge >= 0.3 is 99.8 Å². The number of benzene rings is 5. The summed E-state index contributed by atoms with van der Waals surface area (Å²) in [5.41, 5.74) is 10.4. The van der Waals surface area contributed by atoms with Gasteiger partial charge in [0.1, 0.15) is 11.2 Å². The number of nitrogens with zero attached hydrogens (tertiary/aromatic N) is 2. The molecular formula is C46H38GeIrN2O2-2. The molecule has 0 aliphatic carbocycles. The van der Waals surface area contributed by atoms with Crippen molar-refractivity contribution < 1.29 is 28.9 Å². The number of hydrogen-bond donors (Lipinski definition) is 0. The number of aromatic nitrogens is 2. The maximum atomic E-state index is 6.61. The molecule has 0 atom stereocenters. The van der Waals surface area contributed by atoms with Crippen LogP contribution < -0.4 is 4.40 Å². The number of hydrogen-bond acceptors (Lipinski definition) is 4. The first kappa shape index (κ1) is 35.6. The molecule has 5 aromatic carbocycles. The molecular weight excluding hydrogens is 877 g/mol. The molecule has 4 heterocycles. The minimum absolute atomic E-state index is 0. The summed E-state index contributed by atoms with van der Waals surface area (Å²) in [4.78, 5) is 9.24. The maximum Gasteiger partial charge on any atom is 0 e. The first-order valence-corrected chi connectivity index (χ1v) is 24.8. The second-order valence-electron chi connectivity index (χ2n) is 14.3. The minimum Gasteiger partial charge on any atom is 0 e. The Balaban J connectivity index is 0.000000209. The standard InChI is InChI=1S/C32H22NO2.C14H16GeN.Ir/c1-19(2)21-14-15-33-26(16-21)25-18-29-30(23-10-6-7-11-27(23)34-29)31-24-13-12-22(17-28(24)35-32(25)31)20-8-4-3-5-9-20;1-15(2,3)13-9-10-14(16-11-13)12-7-5-4-6-8-12;/h3-17,19H,1-2H3;4-7,9-11H,1-3H3;/q2*-1;. The van der Waals surface area contributed by atoms with Gasteiger partial charge in [-0.15, -0.1) is 0 Å². The molecule has 52 heavy (non-hydrogen) atoms. The van der Waals surface area contributed by atoms with Crippen LogP contribution in [-0.4, -0.2) is 23.2 Å². The number of fused-ring (bicyclic) bond motifs is 7. The molecule has 0 aliphatic rings. The molecule has 0 saturated carbocycles. The van der Waals surface area contributed by atoms with E-state index in [2.05, 4.69) is 121 Å². The van der Waals surface area contributed by atoms with Gasteiger partial charge in [-0.1, -0.05) is 97.8 Å². The molecule has 259 valence electrons. The Labute approximate surface area is 320 Å².